The van der Waals surface area contributed by atoms with Gasteiger partial charge >= 0.3 is 37.7 Å². The Morgan fingerprint density at radius 2 is 1.38 bits per heavy atom. The molecule has 0 fully saturated rings. The normalized spacial score (nSPS) is 6.00. The van der Waals surface area contributed by atoms with E-state index in [0.29, 0.717) is 0 Å². The molecular formula is C6H5CaF. The van der Waals surface area contributed by atoms with Gasteiger partial charge in [0, 0.05) is 0 Å². The van der Waals surface area contributed by atoms with Crippen molar-refractivity contribution in [1.29, 1.82) is 0 Å². The molecule has 0 bridgehead atoms. The first-order valence-electron chi connectivity index (χ1n) is 1.91. The Bertz CT molecular complexity index is 80.5. The fourth-order valence-corrected chi connectivity index (χ4v) is 0.342. The monoisotopic (exact) mass is 136 g/mol. The Balaban J connectivity index is 0. The fourth-order valence-electron chi connectivity index (χ4n) is 0.342. The van der Waals surface area contributed by atoms with E-state index >= 15 is 0 Å². The maximum Gasteiger partial charge on any atom is 2.00 e. The van der Waals surface area contributed by atoms with Gasteiger partial charge in [-0.15, -0.1) is 0 Å². The van der Waals surface area contributed by atoms with Crippen LogP contribution >= 0.6 is 0 Å². The second-order valence-corrected chi connectivity index (χ2v) is 1.08. The van der Waals surface area contributed by atoms with Crippen molar-refractivity contribution in [3.8, 4) is 0 Å². The molecule has 0 heterocycles. The molecule has 0 aliphatic rings. The number of rotatable bonds is 0. The minimum Gasteiger partial charge on any atom is -1.00 e. The summed E-state index contributed by atoms with van der Waals surface area (Å²) in [6.07, 6.45) is 0. The molecular weight excluding hydrogens is 131 g/mol. The van der Waals surface area contributed by atoms with Crippen molar-refractivity contribution in [3.63, 3.8) is 0 Å². The van der Waals surface area contributed by atoms with Gasteiger partial charge < -0.3 is 4.70 Å². The van der Waals surface area contributed by atoms with Crippen molar-refractivity contribution >= 4 is 37.7 Å². The topological polar surface area (TPSA) is 0 Å². The molecule has 0 amide bonds. The van der Waals surface area contributed by atoms with Gasteiger partial charge in [-0.3, -0.25) is 0 Å². The maximum atomic E-state index is 2.89. The molecule has 0 saturated carbocycles. The van der Waals surface area contributed by atoms with Crippen LogP contribution in [-0.2, 0) is 0 Å². The Hall–Kier alpha value is 0.410. The van der Waals surface area contributed by atoms with E-state index in [4.69, 9.17) is 0 Å². The van der Waals surface area contributed by atoms with E-state index in [0.717, 1.165) is 0 Å². The van der Waals surface area contributed by atoms with Crippen molar-refractivity contribution in [2.45, 2.75) is 0 Å². The zero-order chi connectivity index (χ0) is 4.24. The second-order valence-electron chi connectivity index (χ2n) is 1.08. The first kappa shape index (κ1) is 11.2. The molecule has 1 aromatic carbocycles. The predicted molar refractivity (Wildman–Crippen MR) is 31.0 cm³/mol. The third-order valence-electron chi connectivity index (χ3n) is 0.607. The van der Waals surface area contributed by atoms with E-state index in [9.17, 15) is 0 Å². The molecule has 2 heteroatoms. The van der Waals surface area contributed by atoms with Crippen LogP contribution in [-0.4, -0.2) is 37.7 Å². The zero-order valence-corrected chi connectivity index (χ0v) is 6.68. The summed E-state index contributed by atoms with van der Waals surface area (Å²) in [7, 11) is 0. The van der Waals surface area contributed by atoms with Gasteiger partial charge in [0.25, 0.3) is 0 Å². The second kappa shape index (κ2) is 7.41. The van der Waals surface area contributed by atoms with E-state index in [1.807, 2.05) is 30.3 Å². The number of hydrogen-bond donors (Lipinski definition) is 0. The molecule has 0 radical (unpaired) electrons. The van der Waals surface area contributed by atoms with Gasteiger partial charge in [-0.05, 0) is 0 Å². The predicted octanol–water partition coefficient (Wildman–Crippen LogP) is -1.89. The summed E-state index contributed by atoms with van der Waals surface area (Å²) >= 11 is 0. The van der Waals surface area contributed by atoms with Crippen LogP contribution in [0.15, 0.2) is 30.3 Å². The van der Waals surface area contributed by atoms with Crippen molar-refractivity contribution in [3.05, 3.63) is 36.4 Å². The minimum absolute atomic E-state index is 0. The van der Waals surface area contributed by atoms with Crippen LogP contribution in [0, 0.1) is 6.07 Å². The maximum absolute atomic E-state index is 2.89. The Kier molecular flexibility index (Phi) is 10.4. The Labute approximate surface area is 78.3 Å². The summed E-state index contributed by atoms with van der Waals surface area (Å²) < 4.78 is 0. The van der Waals surface area contributed by atoms with Gasteiger partial charge in [0.1, 0.15) is 0 Å². The Morgan fingerprint density at radius 3 is 1.50 bits per heavy atom. The first-order chi connectivity index (χ1) is 3.00. The van der Waals surface area contributed by atoms with Crippen LogP contribution in [0.2, 0.25) is 0 Å². The molecule has 0 saturated heterocycles. The smallest absolute Gasteiger partial charge is 1.00 e. The third-order valence-corrected chi connectivity index (χ3v) is 0.607. The number of benzene rings is 1. The molecule has 0 aliphatic carbocycles. The summed E-state index contributed by atoms with van der Waals surface area (Å²) in [4.78, 5) is 0. The van der Waals surface area contributed by atoms with E-state index in [1.165, 1.54) is 0 Å². The van der Waals surface area contributed by atoms with Crippen LogP contribution in [0.5, 0.6) is 0 Å². The molecule has 0 N–H and O–H groups in total. The summed E-state index contributed by atoms with van der Waals surface area (Å²) in [5.74, 6) is 0. The number of halogens is 1. The van der Waals surface area contributed by atoms with Crippen molar-refractivity contribution < 1.29 is 4.70 Å². The third kappa shape index (κ3) is 4.57. The van der Waals surface area contributed by atoms with Gasteiger partial charge in [0.2, 0.25) is 0 Å². The average Bonchev–Trinajstić information content (AvgIpc) is 1.72. The van der Waals surface area contributed by atoms with Crippen LogP contribution in [0.25, 0.3) is 0 Å². The molecule has 0 atom stereocenters. The van der Waals surface area contributed by atoms with Crippen LogP contribution in [0.4, 0.5) is 0 Å². The van der Waals surface area contributed by atoms with Crippen molar-refractivity contribution in [2.24, 2.45) is 0 Å². The first-order valence-corrected chi connectivity index (χ1v) is 1.91. The molecule has 1 rings (SSSR count). The number of hydrogen-bond acceptors (Lipinski definition) is 0. The van der Waals surface area contributed by atoms with Crippen molar-refractivity contribution in [1.82, 2.24) is 0 Å². The minimum atomic E-state index is 0. The molecule has 0 aliphatic heterocycles. The van der Waals surface area contributed by atoms with Gasteiger partial charge in [0.15, 0.2) is 0 Å². The summed E-state index contributed by atoms with van der Waals surface area (Å²) in [6.45, 7) is 0. The van der Waals surface area contributed by atoms with Gasteiger partial charge in [-0.25, -0.2) is 0 Å². The van der Waals surface area contributed by atoms with Gasteiger partial charge in [-0.2, -0.15) is 36.4 Å². The molecule has 0 aromatic heterocycles. The quantitative estimate of drug-likeness (QED) is 0.289. The summed E-state index contributed by atoms with van der Waals surface area (Å²) in [6, 6.07) is 12.5. The summed E-state index contributed by atoms with van der Waals surface area (Å²) in [5, 5.41) is 0. The van der Waals surface area contributed by atoms with E-state index in [1.54, 1.807) is 0 Å². The standard InChI is InChI=1S/C6H5.Ca.FH/c1-2-4-6-5-3-1;;/h1-5H;;1H/q-1;+2;/p-1. The molecule has 0 nitrogen and oxygen atoms in total. The molecule has 0 unspecified atom stereocenters. The Morgan fingerprint density at radius 1 is 0.875 bits per heavy atom. The van der Waals surface area contributed by atoms with E-state index in [2.05, 4.69) is 6.07 Å². The fraction of sp³-hybridized carbons (Fsp3) is 0. The van der Waals surface area contributed by atoms with Crippen molar-refractivity contribution in [2.75, 3.05) is 0 Å². The average molecular weight is 136 g/mol. The SMILES string of the molecule is [Ca+2].[F-].[c-]1ccccc1. The van der Waals surface area contributed by atoms with Gasteiger partial charge in [0.05, 0.1) is 0 Å². The molecule has 1 aromatic rings. The molecule has 0 spiro atoms. The largest absolute Gasteiger partial charge is 2.00 e. The van der Waals surface area contributed by atoms with E-state index < -0.39 is 0 Å². The molecule has 38 valence electrons. The van der Waals surface area contributed by atoms with Crippen LogP contribution < -0.4 is 4.70 Å². The molecule has 8 heavy (non-hydrogen) atoms. The summed E-state index contributed by atoms with van der Waals surface area (Å²) in [5.41, 5.74) is 0. The van der Waals surface area contributed by atoms with E-state index in [-0.39, 0.29) is 42.4 Å². The van der Waals surface area contributed by atoms with Crippen LogP contribution in [0.3, 0.4) is 0 Å². The zero-order valence-electron chi connectivity index (χ0n) is 4.47. The van der Waals surface area contributed by atoms with Gasteiger partial charge in [-0.1, -0.05) is 0 Å². The van der Waals surface area contributed by atoms with Crippen LogP contribution in [0.1, 0.15) is 0 Å².